The van der Waals surface area contributed by atoms with Crippen LogP contribution in [-0.4, -0.2) is 46.9 Å². The molecule has 2 N–H and O–H groups in total. The van der Waals surface area contributed by atoms with Gasteiger partial charge in [0.15, 0.2) is 6.61 Å². The van der Waals surface area contributed by atoms with Crippen molar-refractivity contribution in [2.24, 2.45) is 5.73 Å². The minimum atomic E-state index is -0.621. The van der Waals surface area contributed by atoms with Crippen molar-refractivity contribution in [2.45, 2.75) is 51.0 Å². The summed E-state index contributed by atoms with van der Waals surface area (Å²) in [5, 5.41) is 0.749. The second kappa shape index (κ2) is 8.19. The van der Waals surface area contributed by atoms with E-state index in [4.69, 9.17) is 15.5 Å². The molecule has 0 spiro atoms. The quantitative estimate of drug-likeness (QED) is 0.799. The van der Waals surface area contributed by atoms with Crippen molar-refractivity contribution in [3.63, 3.8) is 0 Å². The van der Waals surface area contributed by atoms with Gasteiger partial charge in [-0.1, -0.05) is 18.2 Å². The maximum atomic E-state index is 13.0. The molecule has 2 amide bonds. The average Bonchev–Trinajstić information content (AvgIpc) is 2.75. The van der Waals surface area contributed by atoms with Crippen LogP contribution in [0.5, 0.6) is 0 Å². The summed E-state index contributed by atoms with van der Waals surface area (Å²) >= 11 is 0. The molecule has 0 bridgehead atoms. The van der Waals surface area contributed by atoms with Gasteiger partial charge in [-0.05, 0) is 56.6 Å². The molecule has 1 aromatic heterocycles. The van der Waals surface area contributed by atoms with Crippen molar-refractivity contribution >= 4 is 28.7 Å². The smallest absolute Gasteiger partial charge is 0.339 e. The van der Waals surface area contributed by atoms with Gasteiger partial charge in [0.2, 0.25) is 5.91 Å². The second-order valence-corrected chi connectivity index (χ2v) is 7.71. The summed E-state index contributed by atoms with van der Waals surface area (Å²) in [6, 6.07) is 6.89. The fourth-order valence-electron chi connectivity index (χ4n) is 4.41. The van der Waals surface area contributed by atoms with Crippen molar-refractivity contribution in [2.75, 3.05) is 13.2 Å². The molecule has 0 saturated carbocycles. The largest absolute Gasteiger partial charge is 0.452 e. The van der Waals surface area contributed by atoms with Gasteiger partial charge in [0.05, 0.1) is 11.1 Å². The number of fused-ring (bicyclic) bond motifs is 2. The SMILES string of the molecule is NC(=O)[C@H]1CCCCN1C(=O)COC(=O)c1c2c(nc3ccccc13)CCCC2. The van der Waals surface area contributed by atoms with Crippen LogP contribution in [0.1, 0.15) is 53.7 Å². The zero-order valence-electron chi connectivity index (χ0n) is 16.4. The zero-order valence-corrected chi connectivity index (χ0v) is 16.4. The Bertz CT molecular complexity index is 972. The highest BCUT2D eigenvalue weighted by atomic mass is 16.5. The summed E-state index contributed by atoms with van der Waals surface area (Å²) < 4.78 is 5.44. The molecule has 1 aromatic carbocycles. The van der Waals surface area contributed by atoms with Crippen LogP contribution in [0.15, 0.2) is 24.3 Å². The summed E-state index contributed by atoms with van der Waals surface area (Å²) in [5.41, 5.74) is 8.58. The highest BCUT2D eigenvalue weighted by molar-refractivity contribution is 6.05. The lowest BCUT2D eigenvalue weighted by atomic mass is 9.90. The topological polar surface area (TPSA) is 103 Å². The van der Waals surface area contributed by atoms with Crippen molar-refractivity contribution < 1.29 is 19.1 Å². The van der Waals surface area contributed by atoms with Gasteiger partial charge in [-0.15, -0.1) is 0 Å². The Balaban J connectivity index is 1.56. The molecule has 1 atom stereocenters. The summed E-state index contributed by atoms with van der Waals surface area (Å²) in [7, 11) is 0. The number of piperidine rings is 1. The van der Waals surface area contributed by atoms with Gasteiger partial charge >= 0.3 is 5.97 Å². The maximum Gasteiger partial charge on any atom is 0.339 e. The van der Waals surface area contributed by atoms with Crippen molar-refractivity contribution in [3.8, 4) is 0 Å². The first-order valence-electron chi connectivity index (χ1n) is 10.2. The molecule has 1 fully saturated rings. The van der Waals surface area contributed by atoms with E-state index in [-0.39, 0.29) is 5.91 Å². The maximum absolute atomic E-state index is 13.0. The van der Waals surface area contributed by atoms with Gasteiger partial charge in [-0.25, -0.2) is 4.79 Å². The van der Waals surface area contributed by atoms with Crippen molar-refractivity contribution in [1.82, 2.24) is 9.88 Å². The first-order chi connectivity index (χ1) is 14.1. The fraction of sp³-hybridized carbons (Fsp3) is 0.455. The third-order valence-electron chi connectivity index (χ3n) is 5.85. The Hall–Kier alpha value is -2.96. The van der Waals surface area contributed by atoms with Crippen molar-refractivity contribution in [1.29, 1.82) is 0 Å². The number of rotatable bonds is 4. The Kier molecular flexibility index (Phi) is 5.47. The zero-order chi connectivity index (χ0) is 20.4. The van der Waals surface area contributed by atoms with E-state index < -0.39 is 24.5 Å². The molecular weight excluding hydrogens is 370 g/mol. The van der Waals surface area contributed by atoms with Crippen LogP contribution in [-0.2, 0) is 27.2 Å². The third kappa shape index (κ3) is 3.81. The Morgan fingerprint density at radius 1 is 1.10 bits per heavy atom. The predicted molar refractivity (Wildman–Crippen MR) is 107 cm³/mol. The van der Waals surface area contributed by atoms with E-state index in [0.29, 0.717) is 18.5 Å². The lowest BCUT2D eigenvalue weighted by molar-refractivity contribution is -0.143. The number of pyridine rings is 1. The van der Waals surface area contributed by atoms with E-state index in [2.05, 4.69) is 0 Å². The molecule has 4 rings (SSSR count). The molecule has 0 radical (unpaired) electrons. The molecule has 2 heterocycles. The minimum absolute atomic E-state index is 0.380. The number of esters is 1. The molecule has 2 aromatic rings. The summed E-state index contributed by atoms with van der Waals surface area (Å²) in [4.78, 5) is 43.5. The van der Waals surface area contributed by atoms with E-state index in [9.17, 15) is 14.4 Å². The first-order valence-corrected chi connectivity index (χ1v) is 10.2. The van der Waals surface area contributed by atoms with Crippen LogP contribution >= 0.6 is 0 Å². The number of aryl methyl sites for hydroxylation is 1. The van der Waals surface area contributed by atoms with Gasteiger partial charge in [0.1, 0.15) is 6.04 Å². The minimum Gasteiger partial charge on any atom is -0.452 e. The molecule has 152 valence electrons. The molecule has 1 aliphatic carbocycles. The van der Waals surface area contributed by atoms with Crippen LogP contribution in [0.3, 0.4) is 0 Å². The van der Waals surface area contributed by atoms with Gasteiger partial charge < -0.3 is 15.4 Å². The number of hydrogen-bond donors (Lipinski definition) is 1. The molecule has 7 nitrogen and oxygen atoms in total. The Morgan fingerprint density at radius 2 is 1.90 bits per heavy atom. The average molecular weight is 395 g/mol. The number of nitrogens with two attached hydrogens (primary N) is 1. The van der Waals surface area contributed by atoms with Crippen LogP contribution in [0.2, 0.25) is 0 Å². The third-order valence-corrected chi connectivity index (χ3v) is 5.85. The number of amides is 2. The van der Waals surface area contributed by atoms with Gasteiger partial charge in [0.25, 0.3) is 5.91 Å². The number of nitrogens with zero attached hydrogens (tertiary/aromatic N) is 2. The standard InChI is InChI=1S/C22H25N3O4/c23-21(27)18-11-5-6-12-25(18)19(26)13-29-22(28)20-14-7-1-3-9-16(14)24-17-10-4-2-8-15(17)20/h1,3,7,9,18H,2,4-6,8,10-13H2,(H2,23,27)/t18-/m1/s1. The Morgan fingerprint density at radius 3 is 2.72 bits per heavy atom. The molecule has 0 unspecified atom stereocenters. The number of hydrogen-bond acceptors (Lipinski definition) is 5. The van der Waals surface area contributed by atoms with E-state index in [1.54, 1.807) is 0 Å². The van der Waals surface area contributed by atoms with Crippen LogP contribution in [0, 0.1) is 0 Å². The van der Waals surface area contributed by atoms with Gasteiger partial charge in [-0.2, -0.15) is 0 Å². The first kappa shape index (κ1) is 19.4. The van der Waals surface area contributed by atoms with Crippen LogP contribution in [0.25, 0.3) is 10.9 Å². The number of likely N-dealkylation sites (tertiary alicyclic amines) is 1. The van der Waals surface area contributed by atoms with Gasteiger partial charge in [0, 0.05) is 17.6 Å². The summed E-state index contributed by atoms with van der Waals surface area (Å²) in [6.45, 7) is 0.0611. The molecule has 2 aliphatic rings. The number of aromatic nitrogens is 1. The molecule has 1 aliphatic heterocycles. The lowest BCUT2D eigenvalue weighted by Gasteiger charge is -2.33. The van der Waals surface area contributed by atoms with Crippen LogP contribution < -0.4 is 5.73 Å². The number of primary amides is 1. The summed E-state index contributed by atoms with van der Waals surface area (Å²) in [6.07, 6.45) is 5.89. The van der Waals surface area contributed by atoms with Crippen LogP contribution in [0.4, 0.5) is 0 Å². The van der Waals surface area contributed by atoms with Crippen molar-refractivity contribution in [3.05, 3.63) is 41.1 Å². The lowest BCUT2D eigenvalue weighted by Crippen LogP contribution is -2.51. The highest BCUT2D eigenvalue weighted by Crippen LogP contribution is 2.30. The van der Waals surface area contributed by atoms with E-state index in [1.807, 2.05) is 24.3 Å². The van der Waals surface area contributed by atoms with E-state index >= 15 is 0 Å². The number of carbonyl (C=O) groups excluding carboxylic acids is 3. The molecular formula is C22H25N3O4. The Labute approximate surface area is 169 Å². The molecule has 7 heteroatoms. The van der Waals surface area contributed by atoms with E-state index in [1.165, 1.54) is 4.90 Å². The monoisotopic (exact) mass is 395 g/mol. The van der Waals surface area contributed by atoms with Gasteiger partial charge in [-0.3, -0.25) is 14.6 Å². The fourth-order valence-corrected chi connectivity index (χ4v) is 4.41. The number of carbonyl (C=O) groups is 3. The van der Waals surface area contributed by atoms with E-state index in [0.717, 1.165) is 60.7 Å². The number of para-hydroxylation sites is 1. The second-order valence-electron chi connectivity index (χ2n) is 7.71. The number of benzene rings is 1. The highest BCUT2D eigenvalue weighted by Gasteiger charge is 2.31. The normalized spacial score (nSPS) is 18.9. The molecule has 29 heavy (non-hydrogen) atoms. The summed E-state index contributed by atoms with van der Waals surface area (Å²) in [5.74, 6) is -1.41. The number of ether oxygens (including phenoxy) is 1. The predicted octanol–water partition coefficient (Wildman–Crippen LogP) is 2.14. The molecule has 1 saturated heterocycles.